The second kappa shape index (κ2) is 6.62. The Bertz CT molecular complexity index is 739. The lowest BCUT2D eigenvalue weighted by molar-refractivity contribution is 0.0526. The number of rotatable bonds is 5. The standard InChI is InChI=1S/C16H17NO4S/c1-3-21-16(18)13-9-11-14(12-10-13)17(2)22(19,20)15-7-5-4-6-8-15/h4-12H,3H2,1-2H3. The van der Waals surface area contributed by atoms with E-state index in [0.717, 1.165) is 0 Å². The minimum atomic E-state index is -3.62. The maximum absolute atomic E-state index is 12.5. The first-order valence-corrected chi connectivity index (χ1v) is 8.22. The zero-order chi connectivity index (χ0) is 16.2. The molecule has 0 radical (unpaired) electrons. The predicted octanol–water partition coefficient (Wildman–Crippen LogP) is 2.69. The van der Waals surface area contributed by atoms with Crippen LogP contribution in [0.1, 0.15) is 17.3 Å². The fourth-order valence-electron chi connectivity index (χ4n) is 1.91. The van der Waals surface area contributed by atoms with Crippen LogP contribution in [0.4, 0.5) is 5.69 Å². The summed E-state index contributed by atoms with van der Waals surface area (Å²) in [6.45, 7) is 2.02. The average Bonchev–Trinajstić information content (AvgIpc) is 2.55. The van der Waals surface area contributed by atoms with E-state index >= 15 is 0 Å². The van der Waals surface area contributed by atoms with Crippen molar-refractivity contribution in [3.63, 3.8) is 0 Å². The van der Waals surface area contributed by atoms with Crippen molar-refractivity contribution >= 4 is 21.7 Å². The van der Waals surface area contributed by atoms with E-state index in [9.17, 15) is 13.2 Å². The van der Waals surface area contributed by atoms with Crippen LogP contribution in [0.5, 0.6) is 0 Å². The number of hydrogen-bond acceptors (Lipinski definition) is 4. The van der Waals surface area contributed by atoms with Crippen molar-refractivity contribution in [2.75, 3.05) is 18.0 Å². The van der Waals surface area contributed by atoms with Crippen LogP contribution in [0, 0.1) is 0 Å². The molecular weight excluding hydrogens is 302 g/mol. The van der Waals surface area contributed by atoms with Crippen molar-refractivity contribution in [1.82, 2.24) is 0 Å². The van der Waals surface area contributed by atoms with E-state index < -0.39 is 16.0 Å². The summed E-state index contributed by atoms with van der Waals surface area (Å²) in [6.07, 6.45) is 0. The highest BCUT2D eigenvalue weighted by molar-refractivity contribution is 7.92. The van der Waals surface area contributed by atoms with Gasteiger partial charge in [-0.25, -0.2) is 13.2 Å². The molecule has 0 aliphatic rings. The lowest BCUT2D eigenvalue weighted by Gasteiger charge is -2.19. The quantitative estimate of drug-likeness (QED) is 0.795. The molecule has 0 aliphatic carbocycles. The second-order valence-corrected chi connectivity index (χ2v) is 6.52. The molecule has 0 heterocycles. The molecular formula is C16H17NO4S. The van der Waals surface area contributed by atoms with E-state index in [4.69, 9.17) is 4.74 Å². The third-order valence-electron chi connectivity index (χ3n) is 3.14. The molecule has 0 amide bonds. The molecule has 6 heteroatoms. The molecule has 0 unspecified atom stereocenters. The van der Waals surface area contributed by atoms with E-state index in [0.29, 0.717) is 17.9 Å². The maximum Gasteiger partial charge on any atom is 0.338 e. The molecule has 0 atom stereocenters. The van der Waals surface area contributed by atoms with Gasteiger partial charge in [0, 0.05) is 7.05 Å². The van der Waals surface area contributed by atoms with Crippen molar-refractivity contribution in [1.29, 1.82) is 0 Å². The first kappa shape index (κ1) is 16.0. The van der Waals surface area contributed by atoms with E-state index in [1.807, 2.05) is 0 Å². The highest BCUT2D eigenvalue weighted by Gasteiger charge is 2.21. The average molecular weight is 319 g/mol. The van der Waals surface area contributed by atoms with Crippen molar-refractivity contribution < 1.29 is 17.9 Å². The fourth-order valence-corrected chi connectivity index (χ4v) is 3.13. The number of ether oxygens (including phenoxy) is 1. The van der Waals surface area contributed by atoms with Gasteiger partial charge in [0.05, 0.1) is 22.8 Å². The smallest absolute Gasteiger partial charge is 0.338 e. The molecule has 22 heavy (non-hydrogen) atoms. The summed E-state index contributed by atoms with van der Waals surface area (Å²) in [6, 6.07) is 14.4. The van der Waals surface area contributed by atoms with Crippen molar-refractivity contribution in [2.45, 2.75) is 11.8 Å². The van der Waals surface area contributed by atoms with E-state index in [2.05, 4.69) is 0 Å². The van der Waals surface area contributed by atoms with Crippen LogP contribution >= 0.6 is 0 Å². The molecule has 0 saturated heterocycles. The van der Waals surface area contributed by atoms with Crippen molar-refractivity contribution in [3.05, 3.63) is 60.2 Å². The number of carbonyl (C=O) groups is 1. The number of sulfonamides is 1. The monoisotopic (exact) mass is 319 g/mol. The zero-order valence-corrected chi connectivity index (χ0v) is 13.2. The van der Waals surface area contributed by atoms with Crippen molar-refractivity contribution in [2.24, 2.45) is 0 Å². The molecule has 2 rings (SSSR count). The summed E-state index contributed by atoms with van der Waals surface area (Å²) in [5.41, 5.74) is 0.855. The molecule has 0 spiro atoms. The summed E-state index contributed by atoms with van der Waals surface area (Å²) >= 11 is 0. The van der Waals surface area contributed by atoms with Gasteiger partial charge in [-0.15, -0.1) is 0 Å². The van der Waals surface area contributed by atoms with Gasteiger partial charge < -0.3 is 4.74 Å². The van der Waals surface area contributed by atoms with Crippen LogP contribution in [0.25, 0.3) is 0 Å². The Labute approximate surface area is 130 Å². The second-order valence-electron chi connectivity index (χ2n) is 4.55. The summed E-state index contributed by atoms with van der Waals surface area (Å²) < 4.78 is 31.0. The van der Waals surface area contributed by atoms with E-state index in [1.54, 1.807) is 61.5 Å². The first-order valence-electron chi connectivity index (χ1n) is 6.78. The molecule has 5 nitrogen and oxygen atoms in total. The third kappa shape index (κ3) is 3.28. The number of nitrogens with zero attached hydrogens (tertiary/aromatic N) is 1. The zero-order valence-electron chi connectivity index (χ0n) is 12.4. The molecule has 0 N–H and O–H groups in total. The molecule has 0 aliphatic heterocycles. The molecule has 0 aromatic heterocycles. The van der Waals surface area contributed by atoms with E-state index in [1.165, 1.54) is 11.4 Å². The Morgan fingerprint density at radius 3 is 2.18 bits per heavy atom. The first-order chi connectivity index (χ1) is 10.5. The van der Waals surface area contributed by atoms with Gasteiger partial charge in [-0.3, -0.25) is 4.31 Å². The van der Waals surface area contributed by atoms with Gasteiger partial charge in [0.15, 0.2) is 0 Å². The highest BCUT2D eigenvalue weighted by atomic mass is 32.2. The number of hydrogen-bond donors (Lipinski definition) is 0. The molecule has 0 saturated carbocycles. The Morgan fingerprint density at radius 2 is 1.64 bits per heavy atom. The molecule has 0 fully saturated rings. The number of benzene rings is 2. The number of anilines is 1. The molecule has 0 bridgehead atoms. The molecule has 2 aromatic rings. The van der Waals surface area contributed by atoms with Crippen LogP contribution in [-0.2, 0) is 14.8 Å². The Balaban J connectivity index is 2.27. The molecule has 116 valence electrons. The van der Waals surface area contributed by atoms with E-state index in [-0.39, 0.29) is 4.90 Å². The normalized spacial score (nSPS) is 11.0. The minimum Gasteiger partial charge on any atom is -0.462 e. The van der Waals surface area contributed by atoms with Gasteiger partial charge in [-0.2, -0.15) is 0 Å². The van der Waals surface area contributed by atoms with Crippen LogP contribution in [0.15, 0.2) is 59.5 Å². The fraction of sp³-hybridized carbons (Fsp3) is 0.188. The van der Waals surface area contributed by atoms with Crippen molar-refractivity contribution in [3.8, 4) is 0 Å². The van der Waals surface area contributed by atoms with Crippen LogP contribution in [0.2, 0.25) is 0 Å². The Hall–Kier alpha value is -2.34. The number of esters is 1. The predicted molar refractivity (Wildman–Crippen MR) is 84.4 cm³/mol. The Kier molecular flexibility index (Phi) is 4.82. The minimum absolute atomic E-state index is 0.215. The van der Waals surface area contributed by atoms with Crippen LogP contribution in [0.3, 0.4) is 0 Å². The van der Waals surface area contributed by atoms with Crippen LogP contribution in [-0.4, -0.2) is 28.0 Å². The summed E-state index contributed by atoms with van der Waals surface area (Å²) in [7, 11) is -2.14. The molecule has 2 aromatic carbocycles. The van der Waals surface area contributed by atoms with Gasteiger partial charge in [0.2, 0.25) is 0 Å². The van der Waals surface area contributed by atoms with Gasteiger partial charge in [0.25, 0.3) is 10.0 Å². The van der Waals surface area contributed by atoms with Gasteiger partial charge in [-0.1, -0.05) is 18.2 Å². The lowest BCUT2D eigenvalue weighted by atomic mass is 10.2. The maximum atomic E-state index is 12.5. The summed E-state index contributed by atoms with van der Waals surface area (Å²) in [5.74, 6) is -0.428. The SMILES string of the molecule is CCOC(=O)c1ccc(N(C)S(=O)(=O)c2ccccc2)cc1. The summed E-state index contributed by atoms with van der Waals surface area (Å²) in [5, 5.41) is 0. The Morgan fingerprint density at radius 1 is 1.05 bits per heavy atom. The van der Waals surface area contributed by atoms with Crippen LogP contribution < -0.4 is 4.31 Å². The van der Waals surface area contributed by atoms with Gasteiger partial charge >= 0.3 is 5.97 Å². The van der Waals surface area contributed by atoms with Gasteiger partial charge in [0.1, 0.15) is 0 Å². The number of carbonyl (C=O) groups excluding carboxylic acids is 1. The third-order valence-corrected chi connectivity index (χ3v) is 4.94. The summed E-state index contributed by atoms with van der Waals surface area (Å²) in [4.78, 5) is 11.8. The lowest BCUT2D eigenvalue weighted by Crippen LogP contribution is -2.26. The highest BCUT2D eigenvalue weighted by Crippen LogP contribution is 2.22. The topological polar surface area (TPSA) is 63.7 Å². The largest absolute Gasteiger partial charge is 0.462 e. The van der Waals surface area contributed by atoms with Gasteiger partial charge in [-0.05, 0) is 43.3 Å².